The van der Waals surface area contributed by atoms with Crippen molar-refractivity contribution in [2.75, 3.05) is 6.54 Å². The molecule has 138 valence electrons. The molecule has 1 aromatic heterocycles. The molecule has 0 unspecified atom stereocenters. The highest BCUT2D eigenvalue weighted by atomic mass is 35.5. The van der Waals surface area contributed by atoms with Crippen LogP contribution in [-0.2, 0) is 13.0 Å². The molecule has 2 aromatic rings. The van der Waals surface area contributed by atoms with Gasteiger partial charge in [-0.2, -0.15) is 4.99 Å². The molecule has 1 aromatic carbocycles. The molecule has 0 fully saturated rings. The van der Waals surface area contributed by atoms with Gasteiger partial charge in [0.2, 0.25) is 0 Å². The molecular formula is C17H18ClF2N5O. The molecule has 26 heavy (non-hydrogen) atoms. The third-order valence-electron chi connectivity index (χ3n) is 3.97. The Morgan fingerprint density at radius 3 is 2.58 bits per heavy atom. The van der Waals surface area contributed by atoms with Crippen LogP contribution in [-0.4, -0.2) is 28.4 Å². The first kappa shape index (κ1) is 19.6. The van der Waals surface area contributed by atoms with Gasteiger partial charge in [-0.15, -0.1) is 0 Å². The van der Waals surface area contributed by atoms with Gasteiger partial charge in [-0.3, -0.25) is 4.98 Å². The molecule has 6 nitrogen and oxygen atoms in total. The molecule has 1 aliphatic rings. The summed E-state index contributed by atoms with van der Waals surface area (Å²) in [5, 5.41) is 0.0986. The van der Waals surface area contributed by atoms with E-state index < -0.39 is 17.7 Å². The Labute approximate surface area is 154 Å². The number of hydrogen-bond acceptors (Lipinski definition) is 2. The van der Waals surface area contributed by atoms with E-state index >= 15 is 0 Å². The van der Waals surface area contributed by atoms with Gasteiger partial charge in [0, 0.05) is 24.8 Å². The van der Waals surface area contributed by atoms with Crippen molar-refractivity contribution in [2.45, 2.75) is 20.4 Å². The van der Waals surface area contributed by atoms with E-state index in [-0.39, 0.29) is 43.5 Å². The van der Waals surface area contributed by atoms with Crippen LogP contribution in [0.3, 0.4) is 0 Å². The zero-order chi connectivity index (χ0) is 18.1. The van der Waals surface area contributed by atoms with Gasteiger partial charge in [-0.1, -0.05) is 25.1 Å². The third kappa shape index (κ3) is 3.60. The molecule has 0 radical (unpaired) electrons. The molecule has 9 heteroatoms. The standard InChI is InChI=1S/C16H14ClF2N5O.CH4/c17-11-5-22-6-13(19)14(11)9-1-2-12(18)8-3-4-24(7-10(8)9)16(25)23-15(20)21;/h1-2,5-6H,3-4,7H2,(H4,20,21,23,25);1H4. The van der Waals surface area contributed by atoms with E-state index in [9.17, 15) is 13.6 Å². The number of nitrogens with two attached hydrogens (primary N) is 2. The number of nitrogens with zero attached hydrogens (tertiary/aromatic N) is 3. The molecule has 0 saturated carbocycles. The highest BCUT2D eigenvalue weighted by Crippen LogP contribution is 2.37. The van der Waals surface area contributed by atoms with Gasteiger partial charge in [0.15, 0.2) is 11.8 Å². The summed E-state index contributed by atoms with van der Waals surface area (Å²) in [4.78, 5) is 20.6. The Morgan fingerprint density at radius 2 is 1.92 bits per heavy atom. The number of aliphatic imine (C=N–C) groups is 1. The molecule has 3 rings (SSSR count). The summed E-state index contributed by atoms with van der Waals surface area (Å²) >= 11 is 6.08. The number of halogens is 3. The Balaban J connectivity index is 0.00000243. The summed E-state index contributed by atoms with van der Waals surface area (Å²) in [5.41, 5.74) is 11.9. The van der Waals surface area contributed by atoms with Crippen LogP contribution in [0.15, 0.2) is 29.5 Å². The zero-order valence-corrected chi connectivity index (χ0v) is 13.7. The molecule has 0 aliphatic carbocycles. The predicted octanol–water partition coefficient (Wildman–Crippen LogP) is 3.07. The lowest BCUT2D eigenvalue weighted by atomic mass is 9.91. The van der Waals surface area contributed by atoms with Crippen molar-refractivity contribution in [3.8, 4) is 11.1 Å². The SMILES string of the molecule is C.NC(N)=NC(=O)N1CCc2c(F)ccc(-c3c(F)cncc3Cl)c2C1. The number of carbonyl (C=O) groups excluding carboxylic acids is 1. The average molecular weight is 382 g/mol. The summed E-state index contributed by atoms with van der Waals surface area (Å²) in [6, 6.07) is 2.06. The smallest absolute Gasteiger partial charge is 0.347 e. The quantitative estimate of drug-likeness (QED) is 0.586. The first-order chi connectivity index (χ1) is 11.9. The molecule has 1 aliphatic heterocycles. The highest BCUT2D eigenvalue weighted by molar-refractivity contribution is 6.33. The fraction of sp³-hybridized carbons (Fsp3) is 0.235. The summed E-state index contributed by atoms with van der Waals surface area (Å²) in [6.07, 6.45) is 2.59. The number of urea groups is 1. The highest BCUT2D eigenvalue weighted by Gasteiger charge is 2.27. The van der Waals surface area contributed by atoms with Crippen LogP contribution in [0.25, 0.3) is 11.1 Å². The molecule has 0 bridgehead atoms. The fourth-order valence-corrected chi connectivity index (χ4v) is 3.13. The van der Waals surface area contributed by atoms with Crippen molar-refractivity contribution >= 4 is 23.6 Å². The molecule has 2 amide bonds. The fourth-order valence-electron chi connectivity index (χ4n) is 2.88. The van der Waals surface area contributed by atoms with Crippen molar-refractivity contribution in [1.29, 1.82) is 0 Å². The van der Waals surface area contributed by atoms with Crippen LogP contribution >= 0.6 is 11.6 Å². The van der Waals surface area contributed by atoms with Crippen molar-refractivity contribution in [3.05, 3.63) is 52.3 Å². The maximum atomic E-state index is 14.3. The van der Waals surface area contributed by atoms with E-state index in [0.717, 1.165) is 6.20 Å². The van der Waals surface area contributed by atoms with E-state index in [0.29, 0.717) is 16.7 Å². The molecular weight excluding hydrogens is 364 g/mol. The summed E-state index contributed by atoms with van der Waals surface area (Å²) in [7, 11) is 0. The summed E-state index contributed by atoms with van der Waals surface area (Å²) in [5.74, 6) is -1.41. The second kappa shape index (κ2) is 7.65. The van der Waals surface area contributed by atoms with Gasteiger partial charge < -0.3 is 16.4 Å². The van der Waals surface area contributed by atoms with E-state index in [1.54, 1.807) is 0 Å². The number of rotatable bonds is 1. The average Bonchev–Trinajstić information content (AvgIpc) is 2.55. The van der Waals surface area contributed by atoms with Crippen molar-refractivity contribution in [1.82, 2.24) is 9.88 Å². The number of hydrogen-bond donors (Lipinski definition) is 2. The van der Waals surface area contributed by atoms with E-state index in [1.165, 1.54) is 23.2 Å². The van der Waals surface area contributed by atoms with Crippen LogP contribution < -0.4 is 11.5 Å². The predicted molar refractivity (Wildman–Crippen MR) is 96.6 cm³/mol. The third-order valence-corrected chi connectivity index (χ3v) is 4.26. The lowest BCUT2D eigenvalue weighted by Crippen LogP contribution is -2.37. The van der Waals surface area contributed by atoms with Gasteiger partial charge in [0.1, 0.15) is 5.82 Å². The van der Waals surface area contributed by atoms with Crippen LogP contribution in [0, 0.1) is 11.6 Å². The maximum absolute atomic E-state index is 14.3. The lowest BCUT2D eigenvalue weighted by Gasteiger charge is -2.29. The first-order valence-electron chi connectivity index (χ1n) is 7.36. The Hall–Kier alpha value is -2.74. The largest absolute Gasteiger partial charge is 0.370 e. The van der Waals surface area contributed by atoms with Crippen molar-refractivity contribution in [2.24, 2.45) is 16.5 Å². The minimum absolute atomic E-state index is 0. The van der Waals surface area contributed by atoms with Crippen molar-refractivity contribution in [3.63, 3.8) is 0 Å². The first-order valence-corrected chi connectivity index (χ1v) is 7.74. The summed E-state index contributed by atoms with van der Waals surface area (Å²) in [6.45, 7) is 0.283. The van der Waals surface area contributed by atoms with E-state index in [4.69, 9.17) is 23.1 Å². The summed E-state index contributed by atoms with van der Waals surface area (Å²) < 4.78 is 28.5. The number of amides is 2. The van der Waals surface area contributed by atoms with Crippen molar-refractivity contribution < 1.29 is 13.6 Å². The lowest BCUT2D eigenvalue weighted by molar-refractivity contribution is 0.202. The topological polar surface area (TPSA) is 97.6 Å². The van der Waals surface area contributed by atoms with Crippen LogP contribution in [0.1, 0.15) is 18.6 Å². The Bertz CT molecular complexity index is 863. The number of carbonyl (C=O) groups is 1. The molecule has 0 saturated heterocycles. The van der Waals surface area contributed by atoms with Gasteiger partial charge in [-0.25, -0.2) is 13.6 Å². The molecule has 0 atom stereocenters. The van der Waals surface area contributed by atoms with Crippen LogP contribution in [0.5, 0.6) is 0 Å². The minimum Gasteiger partial charge on any atom is -0.370 e. The van der Waals surface area contributed by atoms with Gasteiger partial charge in [0.05, 0.1) is 11.2 Å². The Kier molecular flexibility index (Phi) is 5.76. The van der Waals surface area contributed by atoms with Crippen LogP contribution in [0.4, 0.5) is 13.6 Å². The molecule has 0 spiro atoms. The normalized spacial score (nSPS) is 12.8. The number of aromatic nitrogens is 1. The molecule has 4 N–H and O–H groups in total. The second-order valence-corrected chi connectivity index (χ2v) is 5.93. The van der Waals surface area contributed by atoms with E-state index in [2.05, 4.69) is 9.98 Å². The van der Waals surface area contributed by atoms with Gasteiger partial charge in [-0.05, 0) is 29.2 Å². The van der Waals surface area contributed by atoms with E-state index in [1.807, 2.05) is 0 Å². The number of pyridine rings is 1. The monoisotopic (exact) mass is 381 g/mol. The maximum Gasteiger partial charge on any atom is 0.347 e. The number of benzene rings is 1. The number of guanidine groups is 1. The molecule has 2 heterocycles. The Morgan fingerprint density at radius 1 is 1.19 bits per heavy atom. The van der Waals surface area contributed by atoms with Gasteiger partial charge >= 0.3 is 6.03 Å². The van der Waals surface area contributed by atoms with Gasteiger partial charge in [0.25, 0.3) is 0 Å². The number of fused-ring (bicyclic) bond motifs is 1. The van der Waals surface area contributed by atoms with Crippen LogP contribution in [0.2, 0.25) is 5.02 Å². The zero-order valence-electron chi connectivity index (χ0n) is 13.0. The second-order valence-electron chi connectivity index (χ2n) is 5.52. The minimum atomic E-state index is -0.637.